The van der Waals surface area contributed by atoms with Gasteiger partial charge in [0.15, 0.2) is 5.69 Å². The molecule has 0 unspecified atom stereocenters. The second-order valence-corrected chi connectivity index (χ2v) is 5.31. The summed E-state index contributed by atoms with van der Waals surface area (Å²) in [5.74, 6) is -0.250. The zero-order valence-electron chi connectivity index (χ0n) is 11.0. The highest BCUT2D eigenvalue weighted by molar-refractivity contribution is 7.13. The summed E-state index contributed by atoms with van der Waals surface area (Å²) in [7, 11) is 1.83. The van der Waals surface area contributed by atoms with Crippen molar-refractivity contribution < 1.29 is 4.79 Å². The summed E-state index contributed by atoms with van der Waals surface area (Å²) in [4.78, 5) is 13.2. The molecule has 0 aliphatic carbocycles. The Morgan fingerprint density at radius 2 is 2.35 bits per heavy atom. The van der Waals surface area contributed by atoms with Gasteiger partial charge in [-0.2, -0.15) is 10.2 Å². The molecule has 3 aromatic heterocycles. The highest BCUT2D eigenvalue weighted by Gasteiger charge is 2.14. The van der Waals surface area contributed by atoms with Gasteiger partial charge in [-0.1, -0.05) is 6.07 Å². The number of aromatic nitrogens is 4. The molecule has 0 spiro atoms. The van der Waals surface area contributed by atoms with Crippen LogP contribution in [0.15, 0.2) is 29.8 Å². The molecule has 3 aromatic rings. The molecule has 0 atom stereocenters. The highest BCUT2D eigenvalue weighted by atomic mass is 32.1. The smallest absolute Gasteiger partial charge is 0.276 e. The summed E-state index contributed by atoms with van der Waals surface area (Å²) >= 11 is 1.59. The van der Waals surface area contributed by atoms with Crippen molar-refractivity contribution in [3.8, 4) is 10.6 Å². The van der Waals surface area contributed by atoms with Crippen molar-refractivity contribution >= 4 is 22.9 Å². The van der Waals surface area contributed by atoms with Gasteiger partial charge in [0.1, 0.15) is 0 Å². The van der Waals surface area contributed by atoms with Crippen molar-refractivity contribution in [3.63, 3.8) is 0 Å². The fourth-order valence-electron chi connectivity index (χ4n) is 1.80. The maximum absolute atomic E-state index is 12.1. The van der Waals surface area contributed by atoms with Gasteiger partial charge in [0.25, 0.3) is 5.91 Å². The van der Waals surface area contributed by atoms with E-state index in [0.717, 1.165) is 16.3 Å². The fourth-order valence-corrected chi connectivity index (χ4v) is 2.50. The molecule has 0 saturated heterocycles. The molecule has 0 fully saturated rings. The number of aryl methyl sites for hydroxylation is 1. The number of nitrogens with one attached hydrogen (secondary N) is 2. The molecule has 2 N–H and O–H groups in total. The van der Waals surface area contributed by atoms with Crippen molar-refractivity contribution in [2.75, 3.05) is 5.32 Å². The number of anilines is 1. The number of carbonyl (C=O) groups is 1. The second-order valence-electron chi connectivity index (χ2n) is 4.37. The van der Waals surface area contributed by atoms with E-state index in [2.05, 4.69) is 20.6 Å². The molecule has 1 amide bonds. The van der Waals surface area contributed by atoms with Crippen LogP contribution in [0.2, 0.25) is 0 Å². The number of aromatic amines is 1. The lowest BCUT2D eigenvalue weighted by Gasteiger charge is -2.01. The van der Waals surface area contributed by atoms with Gasteiger partial charge in [0.2, 0.25) is 0 Å². The van der Waals surface area contributed by atoms with Crippen LogP contribution >= 0.6 is 11.3 Å². The van der Waals surface area contributed by atoms with Crippen molar-refractivity contribution in [1.82, 2.24) is 20.0 Å². The Labute approximate surface area is 119 Å². The number of amides is 1. The van der Waals surface area contributed by atoms with Crippen molar-refractivity contribution in [2.45, 2.75) is 6.92 Å². The van der Waals surface area contributed by atoms with E-state index in [1.165, 1.54) is 0 Å². The maximum atomic E-state index is 12.1. The molecular weight excluding hydrogens is 274 g/mol. The van der Waals surface area contributed by atoms with Crippen LogP contribution in [0, 0.1) is 6.92 Å². The Bertz CT molecular complexity index is 741. The molecule has 0 saturated carbocycles. The zero-order chi connectivity index (χ0) is 14.1. The van der Waals surface area contributed by atoms with Crippen LogP contribution in [0.5, 0.6) is 0 Å². The molecule has 0 bridgehead atoms. The summed E-state index contributed by atoms with van der Waals surface area (Å²) < 4.78 is 1.71. The predicted molar refractivity (Wildman–Crippen MR) is 77.8 cm³/mol. The van der Waals surface area contributed by atoms with E-state index < -0.39 is 0 Å². The normalized spacial score (nSPS) is 10.7. The van der Waals surface area contributed by atoms with Crippen LogP contribution < -0.4 is 5.32 Å². The van der Waals surface area contributed by atoms with Crippen LogP contribution in [0.1, 0.15) is 16.2 Å². The Morgan fingerprint density at radius 3 is 3.00 bits per heavy atom. The number of hydrogen-bond acceptors (Lipinski definition) is 4. The summed E-state index contributed by atoms with van der Waals surface area (Å²) in [6, 6.07) is 5.68. The van der Waals surface area contributed by atoms with Crippen LogP contribution in [0.25, 0.3) is 10.6 Å². The minimum absolute atomic E-state index is 0.250. The van der Waals surface area contributed by atoms with Gasteiger partial charge >= 0.3 is 0 Å². The van der Waals surface area contributed by atoms with E-state index in [0.29, 0.717) is 11.4 Å². The number of H-pyrrole nitrogens is 1. The number of hydrogen-bond donors (Lipinski definition) is 2. The second kappa shape index (κ2) is 4.93. The number of rotatable bonds is 3. The molecule has 0 aliphatic heterocycles. The van der Waals surface area contributed by atoms with Crippen LogP contribution in [-0.2, 0) is 7.05 Å². The van der Waals surface area contributed by atoms with E-state index in [-0.39, 0.29) is 5.91 Å². The molecule has 0 aromatic carbocycles. The highest BCUT2D eigenvalue weighted by Crippen LogP contribution is 2.23. The van der Waals surface area contributed by atoms with Gasteiger partial charge in [-0.25, -0.2) is 0 Å². The average Bonchev–Trinajstić information content (AvgIpc) is 3.14. The topological polar surface area (TPSA) is 75.6 Å². The van der Waals surface area contributed by atoms with Crippen molar-refractivity contribution in [3.05, 3.63) is 41.2 Å². The molecule has 0 aliphatic rings. The van der Waals surface area contributed by atoms with Gasteiger partial charge < -0.3 is 5.32 Å². The lowest BCUT2D eigenvalue weighted by atomic mass is 10.3. The first-order valence-corrected chi connectivity index (χ1v) is 6.92. The minimum Gasteiger partial charge on any atom is -0.318 e. The Kier molecular flexibility index (Phi) is 3.11. The lowest BCUT2D eigenvalue weighted by molar-refractivity contribution is 0.102. The average molecular weight is 287 g/mol. The van der Waals surface area contributed by atoms with Gasteiger partial charge in [-0.05, 0) is 24.4 Å². The van der Waals surface area contributed by atoms with Gasteiger partial charge in [0, 0.05) is 7.05 Å². The first-order chi connectivity index (χ1) is 9.65. The number of thiophene rings is 1. The van der Waals surface area contributed by atoms with E-state index in [1.54, 1.807) is 28.3 Å². The van der Waals surface area contributed by atoms with E-state index in [1.807, 2.05) is 31.5 Å². The largest absolute Gasteiger partial charge is 0.318 e. The molecular formula is C13H13N5OS. The van der Waals surface area contributed by atoms with Crippen LogP contribution in [0.4, 0.5) is 5.69 Å². The minimum atomic E-state index is -0.250. The molecule has 0 radical (unpaired) electrons. The van der Waals surface area contributed by atoms with Gasteiger partial charge in [-0.15, -0.1) is 11.3 Å². The third-order valence-corrected chi connectivity index (χ3v) is 3.98. The predicted octanol–water partition coefficient (Wildman–Crippen LogP) is 2.43. The molecule has 6 nitrogen and oxygen atoms in total. The van der Waals surface area contributed by atoms with Gasteiger partial charge in [-0.3, -0.25) is 14.6 Å². The van der Waals surface area contributed by atoms with Crippen molar-refractivity contribution in [1.29, 1.82) is 0 Å². The van der Waals surface area contributed by atoms with E-state index in [4.69, 9.17) is 0 Å². The maximum Gasteiger partial charge on any atom is 0.276 e. The lowest BCUT2D eigenvalue weighted by Crippen LogP contribution is -2.12. The number of carbonyl (C=O) groups excluding carboxylic acids is 1. The Morgan fingerprint density at radius 1 is 1.50 bits per heavy atom. The zero-order valence-corrected chi connectivity index (χ0v) is 11.9. The summed E-state index contributed by atoms with van der Waals surface area (Å²) in [5, 5.41) is 15.8. The van der Waals surface area contributed by atoms with E-state index in [9.17, 15) is 4.79 Å². The Balaban J connectivity index is 1.80. The van der Waals surface area contributed by atoms with Gasteiger partial charge in [0.05, 0.1) is 28.1 Å². The summed E-state index contributed by atoms with van der Waals surface area (Å²) in [5.41, 5.74) is 2.79. The van der Waals surface area contributed by atoms with Crippen molar-refractivity contribution in [2.24, 2.45) is 7.05 Å². The molecule has 102 valence electrons. The molecule has 7 heteroatoms. The molecule has 20 heavy (non-hydrogen) atoms. The third kappa shape index (κ3) is 2.23. The standard InChI is InChI=1S/C13H13N5OS/c1-8-11(7-14-18(8)2)15-13(19)10-6-9(16-17-10)12-4-3-5-20-12/h3-7H,1-2H3,(H,15,19)(H,16,17). The molecule has 3 heterocycles. The summed E-state index contributed by atoms with van der Waals surface area (Å²) in [6.45, 7) is 1.89. The monoisotopic (exact) mass is 287 g/mol. The van der Waals surface area contributed by atoms with E-state index >= 15 is 0 Å². The van der Waals surface area contributed by atoms with Crippen LogP contribution in [0.3, 0.4) is 0 Å². The first kappa shape index (κ1) is 12.6. The third-order valence-electron chi connectivity index (χ3n) is 3.08. The fraction of sp³-hybridized carbons (Fsp3) is 0.154. The first-order valence-electron chi connectivity index (χ1n) is 6.04. The Hall–Kier alpha value is -2.41. The summed E-state index contributed by atoms with van der Waals surface area (Å²) in [6.07, 6.45) is 1.63. The SMILES string of the molecule is Cc1c(NC(=O)c2cc(-c3cccs3)[nH]n2)cnn1C. The number of nitrogens with zero attached hydrogens (tertiary/aromatic N) is 3. The van der Waals surface area contributed by atoms with Crippen LogP contribution in [-0.4, -0.2) is 25.9 Å². The molecule has 3 rings (SSSR count). The quantitative estimate of drug-likeness (QED) is 0.777.